The number of piperidine rings is 1. The van der Waals surface area contributed by atoms with Crippen molar-refractivity contribution in [3.63, 3.8) is 0 Å². The van der Waals surface area contributed by atoms with Crippen molar-refractivity contribution in [3.8, 4) is 0 Å². The summed E-state index contributed by atoms with van der Waals surface area (Å²) < 4.78 is 0. The molecule has 4 nitrogen and oxygen atoms in total. The van der Waals surface area contributed by atoms with E-state index in [9.17, 15) is 4.79 Å². The third-order valence-corrected chi connectivity index (χ3v) is 3.77. The lowest BCUT2D eigenvalue weighted by Gasteiger charge is -2.29. The van der Waals surface area contributed by atoms with Gasteiger partial charge >= 0.3 is 0 Å². The van der Waals surface area contributed by atoms with Crippen LogP contribution < -0.4 is 10.6 Å². The fraction of sp³-hybridized carbons (Fsp3) is 0.929. The molecule has 1 amide bonds. The van der Waals surface area contributed by atoms with Crippen molar-refractivity contribution < 1.29 is 4.79 Å². The first-order chi connectivity index (χ1) is 8.63. The van der Waals surface area contributed by atoms with E-state index in [4.69, 9.17) is 0 Å². The number of hydrogen-bond donors (Lipinski definition) is 2. The van der Waals surface area contributed by atoms with Crippen LogP contribution in [0.15, 0.2) is 0 Å². The Kier molecular flexibility index (Phi) is 7.28. The van der Waals surface area contributed by atoms with Crippen molar-refractivity contribution in [1.82, 2.24) is 15.5 Å². The molecule has 0 aromatic carbocycles. The molecule has 4 heteroatoms. The second-order valence-electron chi connectivity index (χ2n) is 5.52. The number of rotatable bonds is 7. The molecule has 2 N–H and O–H groups in total. The van der Waals surface area contributed by atoms with Gasteiger partial charge < -0.3 is 15.5 Å². The molecule has 106 valence electrons. The maximum atomic E-state index is 11.8. The molecule has 0 spiro atoms. The summed E-state index contributed by atoms with van der Waals surface area (Å²) in [5.41, 5.74) is 0. The molecule has 1 rings (SSSR count). The smallest absolute Gasteiger partial charge is 0.236 e. The van der Waals surface area contributed by atoms with Crippen LogP contribution in [0.1, 0.15) is 39.5 Å². The number of hydrogen-bond acceptors (Lipinski definition) is 3. The van der Waals surface area contributed by atoms with Gasteiger partial charge in [-0.25, -0.2) is 0 Å². The van der Waals surface area contributed by atoms with Crippen molar-refractivity contribution >= 4 is 5.91 Å². The quantitative estimate of drug-likeness (QED) is 0.672. The number of amides is 1. The zero-order valence-corrected chi connectivity index (χ0v) is 12.2. The number of likely N-dealkylation sites (tertiary alicyclic amines) is 1. The van der Waals surface area contributed by atoms with Gasteiger partial charge in [-0.3, -0.25) is 4.79 Å². The monoisotopic (exact) mass is 255 g/mol. The average Bonchev–Trinajstić information content (AvgIpc) is 2.38. The molecule has 1 aliphatic heterocycles. The highest BCUT2D eigenvalue weighted by Crippen LogP contribution is 2.14. The molecule has 0 aromatic heterocycles. The van der Waals surface area contributed by atoms with E-state index in [0.29, 0.717) is 0 Å². The average molecular weight is 255 g/mol. The fourth-order valence-electron chi connectivity index (χ4n) is 2.24. The first kappa shape index (κ1) is 15.4. The molecule has 1 unspecified atom stereocenters. The Morgan fingerprint density at radius 1 is 1.39 bits per heavy atom. The van der Waals surface area contributed by atoms with E-state index in [0.717, 1.165) is 31.8 Å². The van der Waals surface area contributed by atoms with Crippen LogP contribution in [0.2, 0.25) is 0 Å². The maximum Gasteiger partial charge on any atom is 0.236 e. The van der Waals surface area contributed by atoms with Gasteiger partial charge in [0.2, 0.25) is 5.91 Å². The topological polar surface area (TPSA) is 44.4 Å². The second kappa shape index (κ2) is 8.48. The highest BCUT2D eigenvalue weighted by molar-refractivity contribution is 5.81. The van der Waals surface area contributed by atoms with Crippen molar-refractivity contribution in [2.75, 3.05) is 33.2 Å². The Hall–Kier alpha value is -0.610. The van der Waals surface area contributed by atoms with Crippen molar-refractivity contribution in [2.45, 2.75) is 45.6 Å². The van der Waals surface area contributed by atoms with Crippen molar-refractivity contribution in [3.05, 3.63) is 0 Å². The van der Waals surface area contributed by atoms with E-state index < -0.39 is 0 Å². The molecular formula is C14H29N3O. The highest BCUT2D eigenvalue weighted by Gasteiger charge is 2.18. The predicted octanol–water partition coefficient (Wildman–Crippen LogP) is 1.22. The van der Waals surface area contributed by atoms with Crippen LogP contribution in [0.3, 0.4) is 0 Å². The van der Waals surface area contributed by atoms with E-state index in [1.54, 1.807) is 0 Å². The van der Waals surface area contributed by atoms with Crippen LogP contribution in [0.4, 0.5) is 0 Å². The lowest BCUT2D eigenvalue weighted by molar-refractivity contribution is -0.122. The van der Waals surface area contributed by atoms with E-state index in [1.165, 1.54) is 25.9 Å². The molecule has 1 saturated heterocycles. The van der Waals surface area contributed by atoms with E-state index in [1.807, 2.05) is 6.92 Å². The zero-order valence-electron chi connectivity index (χ0n) is 12.2. The van der Waals surface area contributed by atoms with Crippen molar-refractivity contribution in [1.29, 1.82) is 0 Å². The lowest BCUT2D eigenvalue weighted by atomic mass is 9.97. The van der Waals surface area contributed by atoms with Crippen LogP contribution in [0, 0.1) is 5.92 Å². The minimum atomic E-state index is -0.0680. The summed E-state index contributed by atoms with van der Waals surface area (Å²) in [7, 11) is 2.17. The normalized spacial score (nSPS) is 19.7. The highest BCUT2D eigenvalue weighted by atomic mass is 16.2. The van der Waals surface area contributed by atoms with Gasteiger partial charge in [0.15, 0.2) is 0 Å². The number of carbonyl (C=O) groups excluding carboxylic acids is 1. The molecular weight excluding hydrogens is 226 g/mol. The minimum Gasteiger partial charge on any atom is -0.355 e. The largest absolute Gasteiger partial charge is 0.355 e. The van der Waals surface area contributed by atoms with Gasteiger partial charge in [0, 0.05) is 6.54 Å². The fourth-order valence-corrected chi connectivity index (χ4v) is 2.24. The molecule has 0 radical (unpaired) electrons. The summed E-state index contributed by atoms with van der Waals surface area (Å²) in [6.45, 7) is 8.22. The Morgan fingerprint density at radius 3 is 2.67 bits per heavy atom. The number of carbonyl (C=O) groups is 1. The summed E-state index contributed by atoms with van der Waals surface area (Å²) in [6.07, 6.45) is 4.67. The van der Waals surface area contributed by atoms with Gasteiger partial charge in [-0.05, 0) is 58.8 Å². The first-order valence-electron chi connectivity index (χ1n) is 7.33. The van der Waals surface area contributed by atoms with Crippen LogP contribution in [0.5, 0.6) is 0 Å². The van der Waals surface area contributed by atoms with Crippen LogP contribution in [0.25, 0.3) is 0 Å². The van der Waals surface area contributed by atoms with Crippen LogP contribution >= 0.6 is 0 Å². The van der Waals surface area contributed by atoms with Gasteiger partial charge in [0.05, 0.1) is 6.04 Å². The summed E-state index contributed by atoms with van der Waals surface area (Å²) in [6, 6.07) is -0.0680. The summed E-state index contributed by atoms with van der Waals surface area (Å²) in [4.78, 5) is 14.1. The number of nitrogens with one attached hydrogen (secondary N) is 2. The Labute approximate surface area is 111 Å². The maximum absolute atomic E-state index is 11.8. The Morgan fingerprint density at radius 2 is 2.06 bits per heavy atom. The van der Waals surface area contributed by atoms with Gasteiger partial charge in [0.1, 0.15) is 0 Å². The molecule has 0 aliphatic carbocycles. The van der Waals surface area contributed by atoms with E-state index in [2.05, 4.69) is 29.5 Å². The molecule has 0 bridgehead atoms. The SMILES string of the molecule is CCCCNC(=O)C(C)NCC1CCN(C)CC1. The molecule has 1 atom stereocenters. The van der Waals surface area contributed by atoms with Gasteiger partial charge in [-0.2, -0.15) is 0 Å². The minimum absolute atomic E-state index is 0.0680. The van der Waals surface area contributed by atoms with Crippen LogP contribution in [-0.4, -0.2) is 50.1 Å². The molecule has 18 heavy (non-hydrogen) atoms. The standard InChI is InChI=1S/C14H29N3O/c1-4-5-8-15-14(18)12(2)16-11-13-6-9-17(3)10-7-13/h12-13,16H,4-11H2,1-3H3,(H,15,18). The van der Waals surface area contributed by atoms with E-state index >= 15 is 0 Å². The predicted molar refractivity (Wildman–Crippen MR) is 75.6 cm³/mol. The first-order valence-corrected chi connectivity index (χ1v) is 7.33. The Balaban J connectivity index is 2.12. The third kappa shape index (κ3) is 5.83. The zero-order chi connectivity index (χ0) is 13.4. The summed E-state index contributed by atoms with van der Waals surface area (Å²) >= 11 is 0. The third-order valence-electron chi connectivity index (χ3n) is 3.77. The van der Waals surface area contributed by atoms with E-state index in [-0.39, 0.29) is 11.9 Å². The Bertz CT molecular complexity index is 237. The summed E-state index contributed by atoms with van der Waals surface area (Å²) in [5.74, 6) is 0.864. The number of nitrogens with zero attached hydrogens (tertiary/aromatic N) is 1. The van der Waals surface area contributed by atoms with Gasteiger partial charge in [0.25, 0.3) is 0 Å². The second-order valence-corrected chi connectivity index (χ2v) is 5.52. The molecule has 1 fully saturated rings. The molecule has 0 saturated carbocycles. The van der Waals surface area contributed by atoms with Gasteiger partial charge in [-0.1, -0.05) is 13.3 Å². The molecule has 1 aliphatic rings. The molecule has 0 aromatic rings. The van der Waals surface area contributed by atoms with Crippen molar-refractivity contribution in [2.24, 2.45) is 5.92 Å². The molecule has 1 heterocycles. The van der Waals surface area contributed by atoms with Crippen LogP contribution in [-0.2, 0) is 4.79 Å². The lowest BCUT2D eigenvalue weighted by Crippen LogP contribution is -2.45. The van der Waals surface area contributed by atoms with Gasteiger partial charge in [-0.15, -0.1) is 0 Å². The summed E-state index contributed by atoms with van der Waals surface area (Å²) in [5, 5.41) is 6.33. The number of unbranched alkanes of at least 4 members (excludes halogenated alkanes) is 1.